The Morgan fingerprint density at radius 3 is 2.26 bits per heavy atom. The molecule has 3 rings (SSSR count). The average molecular weight is 322 g/mol. The number of hydrogen-bond acceptors (Lipinski definition) is 4. The molecule has 0 N–H and O–H groups in total. The van der Waals surface area contributed by atoms with E-state index in [0.717, 1.165) is 30.6 Å². The Morgan fingerprint density at radius 2 is 1.74 bits per heavy atom. The number of rotatable bonds is 2. The largest absolute Gasteiger partial charge is 0.514 e. The predicted molar refractivity (Wildman–Crippen MR) is 92.9 cm³/mol. The predicted octanol–water partition coefficient (Wildman–Crippen LogP) is 3.22. The Bertz CT molecular complexity index is 506. The molecule has 5 nitrogen and oxygen atoms in total. The minimum absolute atomic E-state index is 0.00137. The van der Waals surface area contributed by atoms with E-state index in [1.54, 1.807) is 0 Å². The lowest BCUT2D eigenvalue weighted by molar-refractivity contribution is -0.0380. The molecule has 2 saturated heterocycles. The maximum Gasteiger partial charge on any atom is 0.514 e. The second-order valence-corrected chi connectivity index (χ2v) is 7.07. The van der Waals surface area contributed by atoms with Crippen molar-refractivity contribution in [3.05, 3.63) is 11.8 Å². The van der Waals surface area contributed by atoms with E-state index < -0.39 is 0 Å². The van der Waals surface area contributed by atoms with Crippen LogP contribution in [-0.2, 0) is 14.0 Å². The number of hydrogen-bond donors (Lipinski definition) is 0. The van der Waals surface area contributed by atoms with Gasteiger partial charge in [0.2, 0.25) is 0 Å². The summed E-state index contributed by atoms with van der Waals surface area (Å²) >= 11 is 0. The average Bonchev–Trinajstić information content (AvgIpc) is 2.99. The summed E-state index contributed by atoms with van der Waals surface area (Å²) in [5.41, 5.74) is 1.39. The molecule has 3 heterocycles. The molecule has 130 valence electrons. The van der Waals surface area contributed by atoms with Crippen LogP contribution in [0.15, 0.2) is 6.20 Å². The van der Waals surface area contributed by atoms with Crippen molar-refractivity contribution in [2.24, 2.45) is 0 Å². The highest BCUT2D eigenvalue weighted by Gasteiger charge is 2.53. The van der Waals surface area contributed by atoms with Crippen LogP contribution in [-0.4, -0.2) is 34.7 Å². The molecule has 2 aliphatic heterocycles. The third-order valence-electron chi connectivity index (χ3n) is 4.93. The minimum atomic E-state index is -0.386. The first-order chi connectivity index (χ1) is 10.8. The van der Waals surface area contributed by atoms with Gasteiger partial charge in [-0.1, -0.05) is 13.8 Å². The van der Waals surface area contributed by atoms with Crippen molar-refractivity contribution in [1.82, 2.24) is 9.78 Å². The molecular weight excluding hydrogens is 291 g/mol. The van der Waals surface area contributed by atoms with Crippen molar-refractivity contribution in [2.75, 3.05) is 6.61 Å². The van der Waals surface area contributed by atoms with Gasteiger partial charge in [-0.25, -0.2) is 4.68 Å². The summed E-state index contributed by atoms with van der Waals surface area (Å²) in [6, 6.07) is 0. The smallest absolute Gasteiger partial charge is 0.398 e. The van der Waals surface area contributed by atoms with Crippen molar-refractivity contribution in [1.29, 1.82) is 0 Å². The normalized spacial score (nSPS) is 25.9. The molecule has 1 atom stereocenters. The first kappa shape index (κ1) is 18.5. The van der Waals surface area contributed by atoms with E-state index in [1.807, 2.05) is 31.6 Å². The van der Waals surface area contributed by atoms with E-state index in [-0.39, 0.29) is 24.5 Å². The Labute approximate surface area is 140 Å². The second-order valence-electron chi connectivity index (χ2n) is 7.07. The van der Waals surface area contributed by atoms with Gasteiger partial charge in [0.15, 0.2) is 0 Å². The molecule has 2 aliphatic rings. The van der Waals surface area contributed by atoms with E-state index in [2.05, 4.69) is 32.8 Å². The summed E-state index contributed by atoms with van der Waals surface area (Å²) in [5, 5.41) is 4.51. The minimum Gasteiger partial charge on any atom is -0.398 e. The summed E-state index contributed by atoms with van der Waals surface area (Å²) < 4.78 is 20.2. The number of aryl methyl sites for hydroxylation is 1. The lowest BCUT2D eigenvalue weighted by Crippen LogP contribution is -2.43. The van der Waals surface area contributed by atoms with E-state index in [9.17, 15) is 0 Å². The zero-order chi connectivity index (χ0) is 17.3. The van der Waals surface area contributed by atoms with Gasteiger partial charge in [-0.2, -0.15) is 5.10 Å². The highest BCUT2D eigenvalue weighted by Crippen LogP contribution is 2.37. The molecule has 6 heteroatoms. The molecule has 0 aromatic carbocycles. The van der Waals surface area contributed by atoms with Gasteiger partial charge in [0.25, 0.3) is 0 Å². The zero-order valence-electron chi connectivity index (χ0n) is 15.7. The van der Waals surface area contributed by atoms with Crippen LogP contribution >= 0.6 is 0 Å². The highest BCUT2D eigenvalue weighted by atomic mass is 16.7. The van der Waals surface area contributed by atoms with Crippen molar-refractivity contribution in [2.45, 2.75) is 85.2 Å². The second kappa shape index (κ2) is 6.95. The summed E-state index contributed by atoms with van der Waals surface area (Å²) in [7, 11) is -0.386. The monoisotopic (exact) mass is 322 g/mol. The van der Waals surface area contributed by atoms with Crippen molar-refractivity contribution < 1.29 is 14.0 Å². The van der Waals surface area contributed by atoms with E-state index >= 15 is 0 Å². The summed E-state index contributed by atoms with van der Waals surface area (Å²) in [6.07, 6.45) is 5.17. The molecule has 1 aromatic heterocycles. The number of nitrogens with zero attached hydrogens (tertiary/aromatic N) is 2. The Morgan fingerprint density at radius 1 is 1.13 bits per heavy atom. The van der Waals surface area contributed by atoms with Crippen LogP contribution in [0.5, 0.6) is 0 Å². The van der Waals surface area contributed by atoms with Crippen molar-refractivity contribution in [3.63, 3.8) is 0 Å². The summed E-state index contributed by atoms with van der Waals surface area (Å²) in [4.78, 5) is 0. The van der Waals surface area contributed by atoms with Crippen LogP contribution in [0, 0.1) is 6.92 Å². The van der Waals surface area contributed by atoms with Crippen LogP contribution in [0.3, 0.4) is 0 Å². The van der Waals surface area contributed by atoms with Crippen LogP contribution in [0.2, 0.25) is 0 Å². The zero-order valence-corrected chi connectivity index (χ0v) is 15.7. The van der Waals surface area contributed by atoms with Gasteiger partial charge in [-0.05, 0) is 59.4 Å². The molecule has 0 radical (unpaired) electrons. The Balaban J connectivity index is 0.000000924. The van der Waals surface area contributed by atoms with Gasteiger partial charge in [-0.3, -0.25) is 0 Å². The van der Waals surface area contributed by atoms with Gasteiger partial charge in [0.05, 0.1) is 23.0 Å². The fourth-order valence-electron chi connectivity index (χ4n) is 2.85. The molecule has 0 spiro atoms. The van der Waals surface area contributed by atoms with Gasteiger partial charge in [-0.15, -0.1) is 0 Å². The lowest BCUT2D eigenvalue weighted by atomic mass is 9.82. The molecular formula is C17H31BN2O3. The molecule has 2 fully saturated rings. The van der Waals surface area contributed by atoms with Gasteiger partial charge < -0.3 is 14.0 Å². The van der Waals surface area contributed by atoms with Crippen LogP contribution < -0.4 is 5.59 Å². The summed E-state index contributed by atoms with van der Waals surface area (Å²) in [6.45, 7) is 15.1. The maximum atomic E-state index is 6.18. The molecule has 0 saturated carbocycles. The fraction of sp³-hybridized carbons (Fsp3) is 0.824. The maximum absolute atomic E-state index is 6.18. The Kier molecular flexibility index (Phi) is 5.59. The van der Waals surface area contributed by atoms with E-state index in [0.29, 0.717) is 0 Å². The standard InChI is InChI=1S/C15H25BN2O3.C2H6/c1-11-10-17-18(12-8-6-7-9-19-12)13(11)16-20-14(2,3)15(4,5)21-16;1-2/h10,12H,6-9H2,1-5H3;1-2H3. The molecule has 1 unspecified atom stereocenters. The first-order valence-corrected chi connectivity index (χ1v) is 8.83. The molecule has 1 aromatic rings. The molecule has 0 amide bonds. The van der Waals surface area contributed by atoms with Crippen LogP contribution in [0.25, 0.3) is 0 Å². The van der Waals surface area contributed by atoms with Crippen LogP contribution in [0.1, 0.15) is 72.6 Å². The van der Waals surface area contributed by atoms with E-state index in [1.165, 1.54) is 6.42 Å². The van der Waals surface area contributed by atoms with Crippen LogP contribution in [0.4, 0.5) is 0 Å². The first-order valence-electron chi connectivity index (χ1n) is 8.83. The molecule has 0 bridgehead atoms. The number of aromatic nitrogens is 2. The third kappa shape index (κ3) is 3.49. The quantitative estimate of drug-likeness (QED) is 0.784. The van der Waals surface area contributed by atoms with Crippen molar-refractivity contribution >= 4 is 12.7 Å². The molecule has 0 aliphatic carbocycles. The summed E-state index contributed by atoms with van der Waals surface area (Å²) in [5.74, 6) is 0. The third-order valence-corrected chi connectivity index (χ3v) is 4.93. The number of ether oxygens (including phenoxy) is 1. The molecule has 23 heavy (non-hydrogen) atoms. The topological polar surface area (TPSA) is 45.5 Å². The van der Waals surface area contributed by atoms with Gasteiger partial charge >= 0.3 is 7.12 Å². The van der Waals surface area contributed by atoms with Gasteiger partial charge in [0, 0.05) is 6.61 Å². The van der Waals surface area contributed by atoms with E-state index in [4.69, 9.17) is 14.0 Å². The highest BCUT2D eigenvalue weighted by molar-refractivity contribution is 6.61. The fourth-order valence-corrected chi connectivity index (χ4v) is 2.85. The van der Waals surface area contributed by atoms with Crippen molar-refractivity contribution in [3.8, 4) is 0 Å². The SMILES string of the molecule is CC.Cc1cnn(C2CCCCO2)c1B1OC(C)(C)C(C)(C)O1. The Hall–Kier alpha value is -0.845. The lowest BCUT2D eigenvalue weighted by Gasteiger charge is -2.32. The van der Waals surface area contributed by atoms with Gasteiger partial charge in [0.1, 0.15) is 6.23 Å².